The topological polar surface area (TPSA) is 83.6 Å². The maximum absolute atomic E-state index is 11.8. The number of esters is 1. The molecule has 1 unspecified atom stereocenters. The van der Waals surface area contributed by atoms with Gasteiger partial charge in [-0.3, -0.25) is 0 Å². The van der Waals surface area contributed by atoms with E-state index in [0.717, 1.165) is 5.52 Å². The fourth-order valence-corrected chi connectivity index (χ4v) is 2.84. The van der Waals surface area contributed by atoms with E-state index < -0.39 is 17.0 Å². The molecule has 2 rings (SSSR count). The third-order valence-electron chi connectivity index (χ3n) is 2.94. The van der Waals surface area contributed by atoms with E-state index in [2.05, 4.69) is 0 Å². The van der Waals surface area contributed by atoms with Crippen molar-refractivity contribution >= 4 is 27.9 Å². The van der Waals surface area contributed by atoms with Crippen molar-refractivity contribution in [2.45, 2.75) is 4.90 Å². The van der Waals surface area contributed by atoms with E-state index >= 15 is 0 Å². The summed E-state index contributed by atoms with van der Waals surface area (Å²) in [6.07, 6.45) is 0. The molecule has 0 fully saturated rings. The molecule has 0 spiro atoms. The average molecular weight is 282 g/mol. The maximum Gasteiger partial charge on any atom is 0.356 e. The lowest BCUT2D eigenvalue weighted by atomic mass is 10.2. The van der Waals surface area contributed by atoms with Gasteiger partial charge in [0.15, 0.2) is 0 Å². The van der Waals surface area contributed by atoms with Crippen LogP contribution in [0.2, 0.25) is 0 Å². The van der Waals surface area contributed by atoms with Gasteiger partial charge in [0.25, 0.3) is 0 Å². The number of carbonyl (C=O) groups is 1. The highest BCUT2D eigenvalue weighted by Gasteiger charge is 2.24. The maximum atomic E-state index is 11.8. The van der Waals surface area contributed by atoms with Crippen molar-refractivity contribution in [1.82, 2.24) is 4.57 Å². The van der Waals surface area contributed by atoms with Gasteiger partial charge in [-0.1, -0.05) is 0 Å². The van der Waals surface area contributed by atoms with Gasteiger partial charge in [-0.05, 0) is 18.2 Å². The minimum atomic E-state index is -1.80. The van der Waals surface area contributed by atoms with Crippen LogP contribution in [0.1, 0.15) is 10.5 Å². The number of hydrogen-bond donors (Lipinski definition) is 1. The lowest BCUT2D eigenvalue weighted by molar-refractivity contribution is 0.0586. The van der Waals surface area contributed by atoms with Gasteiger partial charge in [-0.15, -0.1) is 0 Å². The summed E-state index contributed by atoms with van der Waals surface area (Å²) in [5.74, 6) is 0.0210. The predicted molar refractivity (Wildman–Crippen MR) is 71.4 cm³/mol. The van der Waals surface area contributed by atoms with Crippen LogP contribution in [-0.2, 0) is 22.8 Å². The Labute approximate surface area is 112 Å². The lowest BCUT2D eigenvalue weighted by Gasteiger charge is -2.03. The summed E-state index contributed by atoms with van der Waals surface area (Å²) in [6.45, 7) is 0. The third kappa shape index (κ3) is 2.11. The van der Waals surface area contributed by atoms with E-state index in [1.54, 1.807) is 29.8 Å². The molecule has 2 aromatic rings. The zero-order valence-corrected chi connectivity index (χ0v) is 11.6. The standard InChI is InChI=1S/C12H14N2O4S/c1-14-9-5-4-7(17-2)6-8(9)11(19(13)16)10(14)12(15)18-3/h4-6H,13H2,1-3H3. The van der Waals surface area contributed by atoms with E-state index in [0.29, 0.717) is 11.1 Å². The Morgan fingerprint density at radius 1 is 1.37 bits per heavy atom. The second kappa shape index (κ2) is 5.02. The number of hydrogen-bond acceptors (Lipinski definition) is 4. The summed E-state index contributed by atoms with van der Waals surface area (Å²) in [5.41, 5.74) is 0.918. The van der Waals surface area contributed by atoms with Crippen molar-refractivity contribution < 1.29 is 18.5 Å². The van der Waals surface area contributed by atoms with Gasteiger partial charge in [0.1, 0.15) is 22.4 Å². The van der Waals surface area contributed by atoms with Crippen LogP contribution in [0, 0.1) is 0 Å². The first-order valence-electron chi connectivity index (χ1n) is 5.42. The number of fused-ring (bicyclic) bond motifs is 1. The third-order valence-corrected chi connectivity index (χ3v) is 3.76. The van der Waals surface area contributed by atoms with Crippen molar-refractivity contribution in [1.29, 1.82) is 0 Å². The van der Waals surface area contributed by atoms with Crippen LogP contribution in [0.4, 0.5) is 0 Å². The Balaban J connectivity index is 2.88. The number of methoxy groups -OCH3 is 2. The summed E-state index contributed by atoms with van der Waals surface area (Å²) in [7, 11) is 2.69. The van der Waals surface area contributed by atoms with Gasteiger partial charge in [0.2, 0.25) is 0 Å². The second-order valence-electron chi connectivity index (χ2n) is 3.91. The van der Waals surface area contributed by atoms with E-state index in [1.807, 2.05) is 0 Å². The molecule has 1 aromatic heterocycles. The highest BCUT2D eigenvalue weighted by molar-refractivity contribution is 7.83. The van der Waals surface area contributed by atoms with Crippen molar-refractivity contribution in [3.63, 3.8) is 0 Å². The van der Waals surface area contributed by atoms with Gasteiger partial charge >= 0.3 is 5.97 Å². The van der Waals surface area contributed by atoms with Crippen molar-refractivity contribution in [3.05, 3.63) is 23.9 Å². The van der Waals surface area contributed by atoms with E-state index in [4.69, 9.17) is 14.6 Å². The number of rotatable bonds is 3. The SMILES string of the molecule is COC(=O)c1c(S(N)=O)c2cc(OC)ccc2n1C. The van der Waals surface area contributed by atoms with Crippen molar-refractivity contribution in [2.75, 3.05) is 14.2 Å². The minimum Gasteiger partial charge on any atom is -0.497 e. The number of carbonyl (C=O) groups excluding carboxylic acids is 1. The molecule has 1 aromatic carbocycles. The molecule has 0 aliphatic rings. The minimum absolute atomic E-state index is 0.187. The first-order valence-corrected chi connectivity index (χ1v) is 6.63. The smallest absolute Gasteiger partial charge is 0.356 e. The highest BCUT2D eigenvalue weighted by Crippen LogP contribution is 2.30. The largest absolute Gasteiger partial charge is 0.497 e. The van der Waals surface area contributed by atoms with Gasteiger partial charge in [0, 0.05) is 18.0 Å². The first kappa shape index (κ1) is 13.6. The number of nitrogens with zero attached hydrogens (tertiary/aromatic N) is 1. The molecule has 0 saturated carbocycles. The summed E-state index contributed by atoms with van der Waals surface area (Å²) < 4.78 is 23.2. The quantitative estimate of drug-likeness (QED) is 0.850. The Morgan fingerprint density at radius 3 is 2.58 bits per heavy atom. The molecule has 2 N–H and O–H groups in total. The van der Waals surface area contributed by atoms with E-state index in [1.165, 1.54) is 14.2 Å². The number of benzene rings is 1. The Morgan fingerprint density at radius 2 is 2.05 bits per heavy atom. The predicted octanol–water partition coefficient (Wildman–Crippen LogP) is 0.955. The molecule has 0 amide bonds. The number of nitrogens with two attached hydrogens (primary N) is 1. The van der Waals surface area contributed by atoms with Gasteiger partial charge < -0.3 is 14.0 Å². The normalized spacial score (nSPS) is 12.4. The molecule has 0 radical (unpaired) electrons. The summed E-state index contributed by atoms with van der Waals surface area (Å²) in [5, 5.41) is 6.10. The summed E-state index contributed by atoms with van der Waals surface area (Å²) in [6, 6.07) is 5.23. The molecular formula is C12H14N2O4S. The second-order valence-corrected chi connectivity index (χ2v) is 4.91. The van der Waals surface area contributed by atoms with Gasteiger partial charge in [-0.25, -0.2) is 14.1 Å². The van der Waals surface area contributed by atoms with Crippen LogP contribution in [0.15, 0.2) is 23.1 Å². The molecule has 1 heterocycles. The Bertz CT molecular complexity index is 678. The van der Waals surface area contributed by atoms with Gasteiger partial charge in [0.05, 0.1) is 19.1 Å². The average Bonchev–Trinajstić information content (AvgIpc) is 2.70. The zero-order valence-electron chi connectivity index (χ0n) is 10.8. The number of aromatic nitrogens is 1. The van der Waals surface area contributed by atoms with Crippen LogP contribution in [0.5, 0.6) is 5.75 Å². The fourth-order valence-electron chi connectivity index (χ4n) is 2.05. The monoisotopic (exact) mass is 282 g/mol. The first-order chi connectivity index (χ1) is 9.01. The molecule has 6 nitrogen and oxygen atoms in total. The fraction of sp³-hybridized carbons (Fsp3) is 0.250. The molecule has 0 aliphatic heterocycles. The summed E-state index contributed by atoms with van der Waals surface area (Å²) >= 11 is 0. The van der Waals surface area contributed by atoms with Crippen LogP contribution < -0.4 is 9.88 Å². The van der Waals surface area contributed by atoms with Crippen molar-refractivity contribution in [2.24, 2.45) is 12.2 Å². The molecule has 0 aliphatic carbocycles. The van der Waals surface area contributed by atoms with Crippen LogP contribution in [0.3, 0.4) is 0 Å². The van der Waals surface area contributed by atoms with E-state index in [9.17, 15) is 9.00 Å². The molecule has 0 bridgehead atoms. The Kier molecular flexibility index (Phi) is 3.59. The van der Waals surface area contributed by atoms with Crippen LogP contribution >= 0.6 is 0 Å². The molecule has 7 heteroatoms. The molecular weight excluding hydrogens is 268 g/mol. The zero-order chi connectivity index (χ0) is 14.2. The van der Waals surface area contributed by atoms with Crippen molar-refractivity contribution in [3.8, 4) is 5.75 Å². The van der Waals surface area contributed by atoms with Crippen LogP contribution in [0.25, 0.3) is 10.9 Å². The summed E-state index contributed by atoms with van der Waals surface area (Å²) in [4.78, 5) is 12.1. The van der Waals surface area contributed by atoms with Crippen LogP contribution in [-0.4, -0.2) is 29.0 Å². The highest BCUT2D eigenvalue weighted by atomic mass is 32.2. The number of ether oxygens (including phenoxy) is 2. The molecule has 1 atom stereocenters. The molecule has 102 valence electrons. The van der Waals surface area contributed by atoms with Gasteiger partial charge in [-0.2, -0.15) is 0 Å². The molecule has 0 saturated heterocycles. The molecule has 19 heavy (non-hydrogen) atoms. The van der Waals surface area contributed by atoms with E-state index in [-0.39, 0.29) is 10.6 Å². The lowest BCUT2D eigenvalue weighted by Crippen LogP contribution is -2.13. The Hall–Kier alpha value is -1.86. The number of aryl methyl sites for hydroxylation is 1.